The van der Waals surface area contributed by atoms with Crippen molar-refractivity contribution in [1.82, 2.24) is 4.98 Å². The smallest absolute Gasteiger partial charge is 0.169 e. The van der Waals surface area contributed by atoms with Crippen LogP contribution in [0.15, 0.2) is 48.7 Å². The second-order valence-electron chi connectivity index (χ2n) is 5.29. The molecule has 100 valence electrons. The van der Waals surface area contributed by atoms with Crippen LogP contribution in [0.25, 0.3) is 10.9 Å². The fourth-order valence-electron chi connectivity index (χ4n) is 2.69. The van der Waals surface area contributed by atoms with E-state index in [4.69, 9.17) is 0 Å². The van der Waals surface area contributed by atoms with Gasteiger partial charge in [-0.3, -0.25) is 4.79 Å². The van der Waals surface area contributed by atoms with Crippen LogP contribution in [0.5, 0.6) is 0 Å². The highest BCUT2D eigenvalue weighted by molar-refractivity contribution is 6.09. The molecule has 0 aliphatic heterocycles. The largest absolute Gasteiger partial charge is 0.360 e. The van der Waals surface area contributed by atoms with Crippen LogP contribution in [0.2, 0.25) is 0 Å². The number of H-pyrrole nitrogens is 1. The summed E-state index contributed by atoms with van der Waals surface area (Å²) in [6.07, 6.45) is 2.28. The third-order valence-electron chi connectivity index (χ3n) is 3.66. The summed E-state index contributed by atoms with van der Waals surface area (Å²) in [6, 6.07) is 14.2. The molecular weight excluding hydrogens is 246 g/mol. The van der Waals surface area contributed by atoms with E-state index in [9.17, 15) is 4.79 Å². The molecule has 0 unspecified atom stereocenters. The van der Waals surface area contributed by atoms with Crippen LogP contribution in [0.3, 0.4) is 0 Å². The Labute approximate surface area is 118 Å². The monoisotopic (exact) mass is 263 g/mol. The minimum Gasteiger partial charge on any atom is -0.360 e. The Morgan fingerprint density at radius 2 is 1.90 bits per heavy atom. The topological polar surface area (TPSA) is 32.9 Å². The van der Waals surface area contributed by atoms with Crippen LogP contribution in [0, 0.1) is 13.8 Å². The Morgan fingerprint density at radius 1 is 1.10 bits per heavy atom. The maximum atomic E-state index is 12.5. The molecule has 0 fully saturated rings. The first kappa shape index (κ1) is 12.7. The van der Waals surface area contributed by atoms with Crippen molar-refractivity contribution in [2.24, 2.45) is 0 Å². The molecule has 0 saturated carbocycles. The van der Waals surface area contributed by atoms with Gasteiger partial charge in [0.25, 0.3) is 0 Å². The molecule has 0 bridgehead atoms. The van der Waals surface area contributed by atoms with E-state index in [1.165, 1.54) is 5.56 Å². The van der Waals surface area contributed by atoms with Gasteiger partial charge in [0.1, 0.15) is 0 Å². The summed E-state index contributed by atoms with van der Waals surface area (Å²) in [7, 11) is 0. The number of Topliss-reactive ketones (excluding diaryl/α,β-unsaturated/α-hetero) is 1. The highest BCUT2D eigenvalue weighted by Crippen LogP contribution is 2.23. The molecule has 20 heavy (non-hydrogen) atoms. The summed E-state index contributed by atoms with van der Waals surface area (Å²) in [5.74, 6) is 0.163. The summed E-state index contributed by atoms with van der Waals surface area (Å²) in [6.45, 7) is 4.09. The van der Waals surface area contributed by atoms with Crippen molar-refractivity contribution in [1.29, 1.82) is 0 Å². The molecule has 0 aliphatic rings. The van der Waals surface area contributed by atoms with E-state index in [2.05, 4.69) is 11.1 Å². The van der Waals surface area contributed by atoms with E-state index in [1.54, 1.807) is 0 Å². The van der Waals surface area contributed by atoms with Gasteiger partial charge in [0.15, 0.2) is 5.78 Å². The van der Waals surface area contributed by atoms with Gasteiger partial charge >= 0.3 is 0 Å². The van der Waals surface area contributed by atoms with Crippen LogP contribution in [0.4, 0.5) is 0 Å². The lowest BCUT2D eigenvalue weighted by Crippen LogP contribution is -2.03. The number of aryl methyl sites for hydroxylation is 2. The summed E-state index contributed by atoms with van der Waals surface area (Å²) in [5, 5.41) is 1.05. The van der Waals surface area contributed by atoms with Crippen molar-refractivity contribution in [2.45, 2.75) is 20.3 Å². The van der Waals surface area contributed by atoms with Gasteiger partial charge in [-0.2, -0.15) is 0 Å². The number of hydrogen-bond donors (Lipinski definition) is 1. The Bertz CT molecular complexity index is 783. The van der Waals surface area contributed by atoms with Crippen LogP contribution >= 0.6 is 0 Å². The van der Waals surface area contributed by atoms with E-state index in [-0.39, 0.29) is 5.78 Å². The molecule has 0 atom stereocenters. The van der Waals surface area contributed by atoms with Gasteiger partial charge in [0.05, 0.1) is 0 Å². The number of hydrogen-bond acceptors (Lipinski definition) is 1. The average Bonchev–Trinajstić information content (AvgIpc) is 2.84. The maximum Gasteiger partial charge on any atom is 0.169 e. The fraction of sp³-hybridized carbons (Fsp3) is 0.167. The first-order valence-electron chi connectivity index (χ1n) is 6.80. The normalized spacial score (nSPS) is 10.9. The number of fused-ring (bicyclic) bond motifs is 1. The van der Waals surface area contributed by atoms with Crippen LogP contribution in [-0.4, -0.2) is 10.8 Å². The third-order valence-corrected chi connectivity index (χ3v) is 3.66. The van der Waals surface area contributed by atoms with Gasteiger partial charge in [-0.15, -0.1) is 0 Å². The molecule has 0 spiro atoms. The van der Waals surface area contributed by atoms with E-state index in [0.29, 0.717) is 6.42 Å². The molecular formula is C18H17NO. The maximum absolute atomic E-state index is 12.5. The number of nitrogens with one attached hydrogen (secondary N) is 1. The van der Waals surface area contributed by atoms with Crippen molar-refractivity contribution in [3.63, 3.8) is 0 Å². The van der Waals surface area contributed by atoms with Gasteiger partial charge in [0, 0.05) is 29.1 Å². The molecule has 3 aromatic rings. The average molecular weight is 263 g/mol. The number of aromatic nitrogens is 1. The minimum absolute atomic E-state index is 0.163. The van der Waals surface area contributed by atoms with Crippen molar-refractivity contribution < 1.29 is 4.79 Å². The molecule has 0 radical (unpaired) electrons. The van der Waals surface area contributed by atoms with E-state index in [1.807, 2.05) is 56.4 Å². The third kappa shape index (κ3) is 2.25. The molecule has 1 heterocycles. The Kier molecular flexibility index (Phi) is 3.15. The summed E-state index contributed by atoms with van der Waals surface area (Å²) in [4.78, 5) is 15.7. The molecule has 1 N–H and O–H groups in total. The Balaban J connectivity index is 1.97. The molecule has 1 aromatic heterocycles. The zero-order valence-corrected chi connectivity index (χ0v) is 11.7. The lowest BCUT2D eigenvalue weighted by Gasteiger charge is -2.03. The number of carbonyl (C=O) groups excluding carboxylic acids is 1. The van der Waals surface area contributed by atoms with Gasteiger partial charge in [-0.25, -0.2) is 0 Å². The zero-order valence-electron chi connectivity index (χ0n) is 11.7. The van der Waals surface area contributed by atoms with Crippen LogP contribution < -0.4 is 0 Å². The minimum atomic E-state index is 0.163. The highest BCUT2D eigenvalue weighted by Gasteiger charge is 2.14. The van der Waals surface area contributed by atoms with Crippen LogP contribution in [-0.2, 0) is 6.42 Å². The van der Waals surface area contributed by atoms with Crippen molar-refractivity contribution in [3.05, 3.63) is 70.9 Å². The first-order valence-corrected chi connectivity index (χ1v) is 6.80. The molecule has 0 amide bonds. The first-order chi connectivity index (χ1) is 9.65. The van der Waals surface area contributed by atoms with Crippen molar-refractivity contribution in [3.8, 4) is 0 Å². The quantitative estimate of drug-likeness (QED) is 0.705. The van der Waals surface area contributed by atoms with Crippen molar-refractivity contribution in [2.75, 3.05) is 0 Å². The molecule has 2 heteroatoms. The molecule has 0 aliphatic carbocycles. The molecule has 3 rings (SSSR count). The number of ketones is 1. The highest BCUT2D eigenvalue weighted by atomic mass is 16.1. The predicted molar refractivity (Wildman–Crippen MR) is 82.2 cm³/mol. The van der Waals surface area contributed by atoms with Gasteiger partial charge < -0.3 is 4.98 Å². The number of aromatic amines is 1. The predicted octanol–water partition coefficient (Wildman–Crippen LogP) is 4.21. The zero-order chi connectivity index (χ0) is 14.1. The second kappa shape index (κ2) is 4.97. The summed E-state index contributed by atoms with van der Waals surface area (Å²) in [5.41, 5.74) is 5.21. The van der Waals surface area contributed by atoms with E-state index in [0.717, 1.165) is 27.6 Å². The number of rotatable bonds is 3. The Hall–Kier alpha value is -2.35. The number of carbonyl (C=O) groups is 1. The summed E-state index contributed by atoms with van der Waals surface area (Å²) < 4.78 is 0. The lowest BCUT2D eigenvalue weighted by atomic mass is 9.99. The van der Waals surface area contributed by atoms with E-state index >= 15 is 0 Å². The standard InChI is InChI=1S/C18H17NO/c1-12-5-3-7-14(9-12)10-17(20)15-11-19-16-8-4-6-13(2)18(15)16/h3-9,11,19H,10H2,1-2H3. The molecule has 0 saturated heterocycles. The van der Waals surface area contributed by atoms with Gasteiger partial charge in [-0.1, -0.05) is 42.0 Å². The molecule has 2 nitrogen and oxygen atoms in total. The van der Waals surface area contributed by atoms with E-state index < -0.39 is 0 Å². The SMILES string of the molecule is Cc1cccc(CC(=O)c2c[nH]c3cccc(C)c23)c1. The fourth-order valence-corrected chi connectivity index (χ4v) is 2.69. The van der Waals surface area contributed by atoms with Crippen molar-refractivity contribution >= 4 is 16.7 Å². The Morgan fingerprint density at radius 3 is 2.70 bits per heavy atom. The molecule has 2 aromatic carbocycles. The summed E-state index contributed by atoms with van der Waals surface area (Å²) >= 11 is 0. The second-order valence-corrected chi connectivity index (χ2v) is 5.29. The van der Waals surface area contributed by atoms with Gasteiger partial charge in [-0.05, 0) is 31.0 Å². The van der Waals surface area contributed by atoms with Crippen LogP contribution in [0.1, 0.15) is 27.0 Å². The number of benzene rings is 2. The lowest BCUT2D eigenvalue weighted by molar-refractivity contribution is 0.0994. The van der Waals surface area contributed by atoms with Gasteiger partial charge in [0.2, 0.25) is 0 Å².